The predicted molar refractivity (Wildman–Crippen MR) is 46.4 cm³/mol. The molecule has 12 heavy (non-hydrogen) atoms. The van der Waals surface area contributed by atoms with Gasteiger partial charge in [0.2, 0.25) is 5.91 Å². The van der Waals surface area contributed by atoms with Gasteiger partial charge in [0.25, 0.3) is 0 Å². The van der Waals surface area contributed by atoms with Crippen LogP contribution in [0.15, 0.2) is 4.99 Å². The van der Waals surface area contributed by atoms with Gasteiger partial charge in [-0.2, -0.15) is 0 Å². The molecule has 0 spiro atoms. The Morgan fingerprint density at radius 2 is 2.17 bits per heavy atom. The minimum Gasteiger partial charge on any atom is -0.370 e. The first-order valence-corrected chi connectivity index (χ1v) is 3.98. The summed E-state index contributed by atoms with van der Waals surface area (Å²) in [5, 5.41) is 2.70. The molecule has 0 aromatic rings. The van der Waals surface area contributed by atoms with Crippen LogP contribution in [-0.2, 0) is 4.79 Å². The van der Waals surface area contributed by atoms with Gasteiger partial charge in [-0.25, -0.2) is 0 Å². The second-order valence-electron chi connectivity index (χ2n) is 3.01. The monoisotopic (exact) mass is 170 g/mol. The summed E-state index contributed by atoms with van der Waals surface area (Å²) in [5.41, 5.74) is 10.5. The minimum atomic E-state index is -0.451. The average molecular weight is 170 g/mol. The van der Waals surface area contributed by atoms with E-state index in [1.807, 2.05) is 0 Å². The summed E-state index contributed by atoms with van der Waals surface area (Å²) in [5.74, 6) is -0.118. The van der Waals surface area contributed by atoms with Gasteiger partial charge in [-0.3, -0.25) is 9.79 Å². The third-order valence-electron chi connectivity index (χ3n) is 1.66. The Labute approximate surface area is 71.2 Å². The molecule has 0 aromatic heterocycles. The minimum absolute atomic E-state index is 0.309. The number of aliphatic imine (C=N–C) groups is 1. The van der Waals surface area contributed by atoms with E-state index < -0.39 is 11.9 Å². The molecule has 1 aliphatic rings. The summed E-state index contributed by atoms with van der Waals surface area (Å²) in [7, 11) is 0. The standard InChI is InChI=1S/C7H14N4O/c1-4(6(8)12)10-7(9)11-5-2-3-5/h4-5H,2-3H2,1H3,(H2,8,12)(H3,9,10,11). The number of guanidine groups is 1. The van der Waals surface area contributed by atoms with Gasteiger partial charge in [-0.15, -0.1) is 0 Å². The maximum absolute atomic E-state index is 10.6. The number of hydrogen-bond donors (Lipinski definition) is 3. The molecule has 68 valence electrons. The summed E-state index contributed by atoms with van der Waals surface area (Å²) >= 11 is 0. The average Bonchev–Trinajstić information content (AvgIpc) is 2.71. The second-order valence-corrected chi connectivity index (χ2v) is 3.01. The first-order chi connectivity index (χ1) is 5.59. The van der Waals surface area contributed by atoms with Crippen LogP contribution in [-0.4, -0.2) is 24.0 Å². The molecule has 1 saturated carbocycles. The number of primary amides is 1. The molecular weight excluding hydrogens is 156 g/mol. The van der Waals surface area contributed by atoms with E-state index in [4.69, 9.17) is 11.5 Å². The molecular formula is C7H14N4O. The van der Waals surface area contributed by atoms with Crippen LogP contribution < -0.4 is 16.8 Å². The highest BCUT2D eigenvalue weighted by Crippen LogP contribution is 2.22. The van der Waals surface area contributed by atoms with E-state index in [-0.39, 0.29) is 0 Å². The Bertz CT molecular complexity index is 209. The lowest BCUT2D eigenvalue weighted by atomic mass is 10.3. The Morgan fingerprint density at radius 3 is 2.58 bits per heavy atom. The lowest BCUT2D eigenvalue weighted by Crippen LogP contribution is -2.45. The summed E-state index contributed by atoms with van der Waals surface area (Å²) in [6.07, 6.45) is 2.18. The molecule has 1 fully saturated rings. The van der Waals surface area contributed by atoms with Gasteiger partial charge in [0.15, 0.2) is 5.96 Å². The molecule has 0 bridgehead atoms. The molecule has 0 heterocycles. The van der Waals surface area contributed by atoms with E-state index in [1.54, 1.807) is 6.92 Å². The zero-order chi connectivity index (χ0) is 9.14. The SMILES string of the molecule is CC(NC(N)=NC1CC1)C(N)=O. The summed E-state index contributed by atoms with van der Waals surface area (Å²) in [4.78, 5) is 14.7. The first-order valence-electron chi connectivity index (χ1n) is 3.98. The lowest BCUT2D eigenvalue weighted by Gasteiger charge is -2.09. The van der Waals surface area contributed by atoms with Crippen molar-refractivity contribution < 1.29 is 4.79 Å². The topological polar surface area (TPSA) is 93.5 Å². The maximum atomic E-state index is 10.6. The Hall–Kier alpha value is -1.26. The van der Waals surface area contributed by atoms with Crippen LogP contribution in [0.1, 0.15) is 19.8 Å². The fourth-order valence-corrected chi connectivity index (χ4v) is 0.731. The van der Waals surface area contributed by atoms with Crippen LogP contribution in [0.3, 0.4) is 0 Å². The Kier molecular flexibility index (Phi) is 2.52. The van der Waals surface area contributed by atoms with Crippen molar-refractivity contribution in [2.24, 2.45) is 16.5 Å². The molecule has 5 N–H and O–H groups in total. The van der Waals surface area contributed by atoms with Crippen molar-refractivity contribution in [3.8, 4) is 0 Å². The third-order valence-corrected chi connectivity index (χ3v) is 1.66. The zero-order valence-electron chi connectivity index (χ0n) is 7.08. The Morgan fingerprint density at radius 1 is 1.58 bits per heavy atom. The van der Waals surface area contributed by atoms with Gasteiger partial charge < -0.3 is 16.8 Å². The van der Waals surface area contributed by atoms with Crippen molar-refractivity contribution in [2.45, 2.75) is 31.8 Å². The van der Waals surface area contributed by atoms with Crippen LogP contribution in [0.5, 0.6) is 0 Å². The highest BCUT2D eigenvalue weighted by molar-refractivity contribution is 5.87. The molecule has 0 radical (unpaired) electrons. The van der Waals surface area contributed by atoms with Gasteiger partial charge >= 0.3 is 0 Å². The zero-order valence-corrected chi connectivity index (χ0v) is 7.08. The van der Waals surface area contributed by atoms with E-state index in [2.05, 4.69) is 10.3 Å². The van der Waals surface area contributed by atoms with E-state index in [9.17, 15) is 4.79 Å². The Balaban J connectivity index is 2.33. The number of hydrogen-bond acceptors (Lipinski definition) is 2. The predicted octanol–water partition coefficient (Wildman–Crippen LogP) is -1.07. The first kappa shape index (κ1) is 8.83. The van der Waals surface area contributed by atoms with Gasteiger partial charge in [-0.1, -0.05) is 0 Å². The van der Waals surface area contributed by atoms with Crippen molar-refractivity contribution >= 4 is 11.9 Å². The van der Waals surface area contributed by atoms with Gasteiger partial charge in [0, 0.05) is 0 Å². The van der Waals surface area contributed by atoms with Crippen LogP contribution >= 0.6 is 0 Å². The molecule has 0 aliphatic heterocycles. The highest BCUT2D eigenvalue weighted by Gasteiger charge is 2.21. The summed E-state index contributed by atoms with van der Waals surface area (Å²) in [6, 6.07) is -0.0925. The van der Waals surface area contributed by atoms with Crippen molar-refractivity contribution in [3.05, 3.63) is 0 Å². The quantitative estimate of drug-likeness (QED) is 0.372. The number of carbonyl (C=O) groups excluding carboxylic acids is 1. The van der Waals surface area contributed by atoms with Crippen LogP contribution in [0.4, 0.5) is 0 Å². The molecule has 5 nitrogen and oxygen atoms in total. The number of carbonyl (C=O) groups is 1. The van der Waals surface area contributed by atoms with Crippen molar-refractivity contribution in [2.75, 3.05) is 0 Å². The van der Waals surface area contributed by atoms with Crippen LogP contribution in [0, 0.1) is 0 Å². The maximum Gasteiger partial charge on any atom is 0.239 e. The van der Waals surface area contributed by atoms with Gasteiger partial charge in [-0.05, 0) is 19.8 Å². The third kappa shape index (κ3) is 2.77. The number of amides is 1. The van der Waals surface area contributed by atoms with Crippen LogP contribution in [0.25, 0.3) is 0 Å². The number of nitrogens with one attached hydrogen (secondary N) is 1. The molecule has 1 rings (SSSR count). The molecule has 5 heteroatoms. The fourth-order valence-electron chi connectivity index (χ4n) is 0.731. The summed E-state index contributed by atoms with van der Waals surface area (Å²) in [6.45, 7) is 1.65. The number of nitrogens with zero attached hydrogens (tertiary/aromatic N) is 1. The molecule has 0 saturated heterocycles. The van der Waals surface area contributed by atoms with Crippen molar-refractivity contribution in [1.29, 1.82) is 0 Å². The molecule has 1 aliphatic carbocycles. The van der Waals surface area contributed by atoms with E-state index in [0.29, 0.717) is 12.0 Å². The molecule has 1 unspecified atom stereocenters. The smallest absolute Gasteiger partial charge is 0.239 e. The molecule has 1 atom stereocenters. The fraction of sp³-hybridized carbons (Fsp3) is 0.714. The van der Waals surface area contributed by atoms with E-state index >= 15 is 0 Å². The highest BCUT2D eigenvalue weighted by atomic mass is 16.1. The number of nitrogens with two attached hydrogens (primary N) is 2. The number of rotatable bonds is 3. The molecule has 0 aromatic carbocycles. The van der Waals surface area contributed by atoms with Crippen molar-refractivity contribution in [3.63, 3.8) is 0 Å². The van der Waals surface area contributed by atoms with Crippen LogP contribution in [0.2, 0.25) is 0 Å². The van der Waals surface area contributed by atoms with Crippen molar-refractivity contribution in [1.82, 2.24) is 5.32 Å². The molecule has 1 amide bonds. The van der Waals surface area contributed by atoms with E-state index in [1.165, 1.54) is 0 Å². The van der Waals surface area contributed by atoms with Gasteiger partial charge in [0.05, 0.1) is 6.04 Å². The van der Waals surface area contributed by atoms with Gasteiger partial charge in [0.1, 0.15) is 6.04 Å². The summed E-state index contributed by atoms with van der Waals surface area (Å²) < 4.78 is 0. The van der Waals surface area contributed by atoms with E-state index in [0.717, 1.165) is 12.8 Å². The normalized spacial score (nSPS) is 20.2. The second kappa shape index (κ2) is 3.42. The largest absolute Gasteiger partial charge is 0.370 e. The lowest BCUT2D eigenvalue weighted by molar-refractivity contribution is -0.119.